The zero-order valence-corrected chi connectivity index (χ0v) is 20.0. The lowest BCUT2D eigenvalue weighted by atomic mass is 9.37. The standard InChI is InChI=1S/C28H40O2/c1-17-15-19(29)16-26(4)20(17)11-14-28(6)22(26)8-7-21-23-18(10-13-27(21,28)5)9-12-25(2,3)24(23)30/h7,17,20,22H,8-16H2,1-6H3. The highest BCUT2D eigenvalue weighted by atomic mass is 16.1. The first-order chi connectivity index (χ1) is 13.9. The molecule has 2 nitrogen and oxygen atoms in total. The molecule has 164 valence electrons. The van der Waals surface area contributed by atoms with Gasteiger partial charge in [0.2, 0.25) is 0 Å². The molecular weight excluding hydrogens is 368 g/mol. The van der Waals surface area contributed by atoms with Crippen molar-refractivity contribution >= 4 is 11.6 Å². The third kappa shape index (κ3) is 2.43. The average molecular weight is 409 g/mol. The molecule has 0 N–H and O–H groups in total. The van der Waals surface area contributed by atoms with E-state index < -0.39 is 0 Å². The van der Waals surface area contributed by atoms with Crippen molar-refractivity contribution in [2.45, 2.75) is 99.3 Å². The molecule has 0 radical (unpaired) electrons. The fourth-order valence-corrected chi connectivity index (χ4v) is 9.05. The van der Waals surface area contributed by atoms with Gasteiger partial charge in [0.25, 0.3) is 0 Å². The van der Waals surface area contributed by atoms with Crippen LogP contribution in [0.25, 0.3) is 0 Å². The molecule has 0 heterocycles. The quantitative estimate of drug-likeness (QED) is 0.440. The van der Waals surface area contributed by atoms with E-state index in [1.54, 1.807) is 0 Å². The Bertz CT molecular complexity index is 888. The van der Waals surface area contributed by atoms with Gasteiger partial charge in [0.15, 0.2) is 5.78 Å². The summed E-state index contributed by atoms with van der Waals surface area (Å²) < 4.78 is 0. The van der Waals surface area contributed by atoms with Gasteiger partial charge in [-0.3, -0.25) is 9.59 Å². The zero-order valence-electron chi connectivity index (χ0n) is 20.0. The maximum atomic E-state index is 13.6. The van der Waals surface area contributed by atoms with E-state index >= 15 is 0 Å². The second-order valence-corrected chi connectivity index (χ2v) is 12.9. The molecular formula is C28H40O2. The summed E-state index contributed by atoms with van der Waals surface area (Å²) in [7, 11) is 0. The van der Waals surface area contributed by atoms with Gasteiger partial charge in [0, 0.05) is 23.8 Å². The summed E-state index contributed by atoms with van der Waals surface area (Å²) in [6.45, 7) is 14.0. The van der Waals surface area contributed by atoms with E-state index in [1.165, 1.54) is 30.4 Å². The molecule has 6 unspecified atom stereocenters. The first-order valence-electron chi connectivity index (χ1n) is 12.4. The summed E-state index contributed by atoms with van der Waals surface area (Å²) in [6, 6.07) is 0. The minimum absolute atomic E-state index is 0.0511. The second-order valence-electron chi connectivity index (χ2n) is 12.9. The summed E-state index contributed by atoms with van der Waals surface area (Å²) in [6.07, 6.45) is 11.9. The Balaban J connectivity index is 1.63. The third-order valence-electron chi connectivity index (χ3n) is 11.1. The highest BCUT2D eigenvalue weighted by Gasteiger charge is 2.65. The number of carbonyl (C=O) groups excluding carboxylic acids is 2. The van der Waals surface area contributed by atoms with Crippen molar-refractivity contribution < 1.29 is 9.59 Å². The highest BCUT2D eigenvalue weighted by Crippen LogP contribution is 2.72. The molecule has 0 aromatic rings. The Morgan fingerprint density at radius 2 is 1.67 bits per heavy atom. The molecule has 6 atom stereocenters. The molecule has 0 saturated heterocycles. The molecule has 2 fully saturated rings. The lowest BCUT2D eigenvalue weighted by Crippen LogP contribution is -2.60. The van der Waals surface area contributed by atoms with Crippen molar-refractivity contribution in [3.05, 3.63) is 22.8 Å². The van der Waals surface area contributed by atoms with Crippen molar-refractivity contribution in [2.75, 3.05) is 0 Å². The van der Waals surface area contributed by atoms with Crippen LogP contribution in [0.15, 0.2) is 22.8 Å². The van der Waals surface area contributed by atoms with Gasteiger partial charge in [-0.2, -0.15) is 0 Å². The average Bonchev–Trinajstić information content (AvgIpc) is 2.64. The first-order valence-corrected chi connectivity index (χ1v) is 12.4. The number of hydrogen-bond donors (Lipinski definition) is 0. The van der Waals surface area contributed by atoms with Gasteiger partial charge in [-0.05, 0) is 84.5 Å². The Morgan fingerprint density at radius 3 is 2.40 bits per heavy atom. The van der Waals surface area contributed by atoms with Crippen LogP contribution in [0.3, 0.4) is 0 Å². The molecule has 5 rings (SSSR count). The van der Waals surface area contributed by atoms with Gasteiger partial charge in [-0.25, -0.2) is 0 Å². The number of rotatable bonds is 0. The van der Waals surface area contributed by atoms with Crippen molar-refractivity contribution in [1.29, 1.82) is 0 Å². The molecule has 0 bridgehead atoms. The predicted molar refractivity (Wildman–Crippen MR) is 121 cm³/mol. The van der Waals surface area contributed by atoms with Gasteiger partial charge < -0.3 is 0 Å². The maximum absolute atomic E-state index is 13.6. The summed E-state index contributed by atoms with van der Waals surface area (Å²) >= 11 is 0. The Morgan fingerprint density at radius 1 is 0.967 bits per heavy atom. The van der Waals surface area contributed by atoms with E-state index in [2.05, 4.69) is 47.6 Å². The van der Waals surface area contributed by atoms with Crippen LogP contribution in [0.5, 0.6) is 0 Å². The summed E-state index contributed by atoms with van der Waals surface area (Å²) in [4.78, 5) is 26.3. The van der Waals surface area contributed by atoms with E-state index in [9.17, 15) is 9.59 Å². The van der Waals surface area contributed by atoms with Crippen LogP contribution in [-0.4, -0.2) is 11.6 Å². The molecule has 0 spiro atoms. The Hall–Kier alpha value is -1.18. The molecule has 0 aliphatic heterocycles. The summed E-state index contributed by atoms with van der Waals surface area (Å²) in [5, 5.41) is 0. The molecule has 0 aromatic carbocycles. The van der Waals surface area contributed by atoms with Gasteiger partial charge in [0.1, 0.15) is 5.78 Å². The van der Waals surface area contributed by atoms with Crippen LogP contribution in [0, 0.1) is 39.4 Å². The minimum atomic E-state index is -0.232. The third-order valence-corrected chi connectivity index (χ3v) is 11.1. The number of Topliss-reactive ketones (excluding diaryl/α,β-unsaturated/α-hetero) is 2. The van der Waals surface area contributed by atoms with Crippen LogP contribution < -0.4 is 0 Å². The van der Waals surface area contributed by atoms with Gasteiger partial charge >= 0.3 is 0 Å². The number of allylic oxidation sites excluding steroid dienone is 4. The van der Waals surface area contributed by atoms with E-state index in [0.717, 1.165) is 44.1 Å². The Labute approximate surface area is 183 Å². The number of fused-ring (bicyclic) bond motifs is 6. The van der Waals surface area contributed by atoms with Crippen LogP contribution in [0.1, 0.15) is 99.3 Å². The van der Waals surface area contributed by atoms with Crippen molar-refractivity contribution in [2.24, 2.45) is 39.4 Å². The fraction of sp³-hybridized carbons (Fsp3) is 0.786. The minimum Gasteiger partial charge on any atom is -0.300 e. The van der Waals surface area contributed by atoms with E-state index in [0.29, 0.717) is 29.3 Å². The SMILES string of the molecule is CC1CC(=O)CC2(C)C1CCC1(C)C2CC=C2C3=C(CCC(C)(C)C3=O)CCC21C. The zero-order chi connectivity index (χ0) is 21.7. The van der Waals surface area contributed by atoms with Crippen LogP contribution in [0.2, 0.25) is 0 Å². The van der Waals surface area contributed by atoms with Crippen LogP contribution in [-0.2, 0) is 9.59 Å². The van der Waals surface area contributed by atoms with Gasteiger partial charge in [-0.1, -0.05) is 53.2 Å². The molecule has 2 saturated carbocycles. The lowest BCUT2D eigenvalue weighted by molar-refractivity contribution is -0.160. The number of hydrogen-bond acceptors (Lipinski definition) is 2. The fourth-order valence-electron chi connectivity index (χ4n) is 9.05. The summed E-state index contributed by atoms with van der Waals surface area (Å²) in [5.74, 6) is 2.59. The molecule has 5 aliphatic rings. The number of carbonyl (C=O) groups is 2. The van der Waals surface area contributed by atoms with Crippen LogP contribution in [0.4, 0.5) is 0 Å². The van der Waals surface area contributed by atoms with Crippen molar-refractivity contribution in [3.63, 3.8) is 0 Å². The highest BCUT2D eigenvalue weighted by molar-refractivity contribution is 6.05. The van der Waals surface area contributed by atoms with E-state index in [1.807, 2.05) is 0 Å². The Kier molecular flexibility index (Phi) is 4.28. The van der Waals surface area contributed by atoms with Gasteiger partial charge in [-0.15, -0.1) is 0 Å². The van der Waals surface area contributed by atoms with E-state index in [-0.39, 0.29) is 21.7 Å². The summed E-state index contributed by atoms with van der Waals surface area (Å²) in [5.41, 5.74) is 4.04. The molecule has 0 aromatic heterocycles. The predicted octanol–water partition coefficient (Wildman–Crippen LogP) is 6.84. The molecule has 2 heteroatoms. The second kappa shape index (κ2) is 6.20. The normalized spacial score (nSPS) is 47.7. The molecule has 30 heavy (non-hydrogen) atoms. The molecule has 0 amide bonds. The molecule has 5 aliphatic carbocycles. The van der Waals surface area contributed by atoms with E-state index in [4.69, 9.17) is 0 Å². The maximum Gasteiger partial charge on any atom is 0.168 e. The largest absolute Gasteiger partial charge is 0.300 e. The topological polar surface area (TPSA) is 34.1 Å². The van der Waals surface area contributed by atoms with Crippen molar-refractivity contribution in [3.8, 4) is 0 Å². The van der Waals surface area contributed by atoms with Crippen LogP contribution >= 0.6 is 0 Å². The lowest BCUT2D eigenvalue weighted by Gasteiger charge is -2.67. The van der Waals surface area contributed by atoms with Gasteiger partial charge in [0.05, 0.1) is 0 Å². The first kappa shape index (κ1) is 20.7. The van der Waals surface area contributed by atoms with Crippen molar-refractivity contribution in [1.82, 2.24) is 0 Å². The smallest absolute Gasteiger partial charge is 0.168 e. The number of ketones is 2. The monoisotopic (exact) mass is 408 g/mol.